The standard InChI is InChI=1S/C22H31ClO2Si/c1-3-4-5-6-13-18-24-26(25-19-20(2)23,21-14-9-7-10-15-21)22-16-11-8-12-17-22/h7-12,14-17,20H,3-6,13,18-19H2,1-2H3. The predicted molar refractivity (Wildman–Crippen MR) is 114 cm³/mol. The van der Waals surface area contributed by atoms with Crippen LogP contribution in [0.3, 0.4) is 0 Å². The third-order valence-electron chi connectivity index (χ3n) is 4.38. The number of hydrogen-bond acceptors (Lipinski definition) is 2. The van der Waals surface area contributed by atoms with E-state index in [0.29, 0.717) is 6.61 Å². The van der Waals surface area contributed by atoms with Gasteiger partial charge in [-0.05, 0) is 23.7 Å². The Morgan fingerprint density at radius 1 is 0.808 bits per heavy atom. The molecule has 26 heavy (non-hydrogen) atoms. The second-order valence-electron chi connectivity index (χ2n) is 6.70. The molecular weight excluding hydrogens is 360 g/mol. The zero-order chi connectivity index (χ0) is 18.7. The van der Waals surface area contributed by atoms with Crippen molar-refractivity contribution in [2.24, 2.45) is 0 Å². The highest BCUT2D eigenvalue weighted by atomic mass is 35.5. The first-order valence-electron chi connectivity index (χ1n) is 9.72. The van der Waals surface area contributed by atoms with E-state index >= 15 is 0 Å². The number of benzene rings is 2. The van der Waals surface area contributed by atoms with E-state index in [-0.39, 0.29) is 5.38 Å². The molecule has 0 aliphatic carbocycles. The number of alkyl halides is 1. The van der Waals surface area contributed by atoms with Crippen LogP contribution in [0.5, 0.6) is 0 Å². The van der Waals surface area contributed by atoms with Crippen LogP contribution in [0.1, 0.15) is 46.0 Å². The van der Waals surface area contributed by atoms with Gasteiger partial charge in [-0.3, -0.25) is 0 Å². The lowest BCUT2D eigenvalue weighted by atomic mass is 10.2. The zero-order valence-corrected chi connectivity index (χ0v) is 17.8. The summed E-state index contributed by atoms with van der Waals surface area (Å²) >= 11 is 6.22. The Balaban J connectivity index is 2.24. The van der Waals surface area contributed by atoms with Crippen molar-refractivity contribution in [2.45, 2.75) is 51.3 Å². The molecular formula is C22H31ClO2Si. The number of unbranched alkanes of at least 4 members (excludes halogenated alkanes) is 4. The Hall–Kier alpha value is -1.13. The molecule has 2 aromatic rings. The quantitative estimate of drug-likeness (QED) is 0.292. The van der Waals surface area contributed by atoms with Crippen molar-refractivity contribution >= 4 is 30.5 Å². The monoisotopic (exact) mass is 390 g/mol. The summed E-state index contributed by atoms with van der Waals surface area (Å²) in [7, 11) is -2.76. The number of halogens is 1. The highest BCUT2D eigenvalue weighted by Crippen LogP contribution is 2.14. The van der Waals surface area contributed by atoms with Crippen LogP contribution in [0.25, 0.3) is 0 Å². The molecule has 4 heteroatoms. The van der Waals surface area contributed by atoms with Gasteiger partial charge in [0.25, 0.3) is 0 Å². The second-order valence-corrected chi connectivity index (χ2v) is 10.4. The molecule has 0 heterocycles. The van der Waals surface area contributed by atoms with Crippen molar-refractivity contribution < 1.29 is 8.85 Å². The van der Waals surface area contributed by atoms with Crippen LogP contribution in [-0.4, -0.2) is 27.2 Å². The highest BCUT2D eigenvalue weighted by Gasteiger charge is 2.42. The van der Waals surface area contributed by atoms with Gasteiger partial charge in [0.1, 0.15) is 0 Å². The first-order chi connectivity index (χ1) is 12.7. The molecule has 0 aliphatic heterocycles. The van der Waals surface area contributed by atoms with Gasteiger partial charge in [-0.25, -0.2) is 0 Å². The third-order valence-corrected chi connectivity index (χ3v) is 7.87. The van der Waals surface area contributed by atoms with Crippen molar-refractivity contribution in [1.82, 2.24) is 0 Å². The topological polar surface area (TPSA) is 18.5 Å². The summed E-state index contributed by atoms with van der Waals surface area (Å²) in [5.41, 5.74) is 0. The summed E-state index contributed by atoms with van der Waals surface area (Å²) < 4.78 is 13.1. The van der Waals surface area contributed by atoms with E-state index in [0.717, 1.165) is 23.4 Å². The Labute approximate surface area is 164 Å². The van der Waals surface area contributed by atoms with E-state index in [1.807, 2.05) is 19.1 Å². The van der Waals surface area contributed by atoms with E-state index in [1.54, 1.807) is 0 Å². The minimum absolute atomic E-state index is 0.0533. The molecule has 0 bridgehead atoms. The first-order valence-corrected chi connectivity index (χ1v) is 12.0. The fraction of sp³-hybridized carbons (Fsp3) is 0.455. The van der Waals surface area contributed by atoms with Gasteiger partial charge in [0.15, 0.2) is 0 Å². The summed E-state index contributed by atoms with van der Waals surface area (Å²) in [6.45, 7) is 5.39. The van der Waals surface area contributed by atoms with Crippen molar-refractivity contribution in [3.05, 3.63) is 60.7 Å². The molecule has 2 aromatic carbocycles. The normalized spacial score (nSPS) is 12.9. The molecule has 0 aromatic heterocycles. The van der Waals surface area contributed by atoms with Crippen molar-refractivity contribution in [1.29, 1.82) is 0 Å². The molecule has 142 valence electrons. The van der Waals surface area contributed by atoms with E-state index in [9.17, 15) is 0 Å². The third kappa shape index (κ3) is 6.24. The van der Waals surface area contributed by atoms with Gasteiger partial charge in [0, 0.05) is 6.61 Å². The molecule has 0 spiro atoms. The minimum atomic E-state index is -2.76. The molecule has 0 aliphatic rings. The van der Waals surface area contributed by atoms with Gasteiger partial charge in [-0.2, -0.15) is 0 Å². The first kappa shape index (κ1) is 21.2. The van der Waals surface area contributed by atoms with Gasteiger partial charge in [-0.1, -0.05) is 93.3 Å². The van der Waals surface area contributed by atoms with Crippen LogP contribution < -0.4 is 10.4 Å². The maximum Gasteiger partial charge on any atom is 0.407 e. The summed E-state index contributed by atoms with van der Waals surface area (Å²) in [5.74, 6) is 0. The molecule has 0 saturated heterocycles. The predicted octanol–water partition coefficient (Wildman–Crippen LogP) is 4.87. The average Bonchev–Trinajstić information content (AvgIpc) is 2.68. The largest absolute Gasteiger partial charge is 0.407 e. The summed E-state index contributed by atoms with van der Waals surface area (Å²) in [6.07, 6.45) is 6.08. The summed E-state index contributed by atoms with van der Waals surface area (Å²) in [6, 6.07) is 20.8. The number of rotatable bonds is 12. The molecule has 0 N–H and O–H groups in total. The van der Waals surface area contributed by atoms with Gasteiger partial charge < -0.3 is 8.85 Å². The van der Waals surface area contributed by atoms with Gasteiger partial charge in [-0.15, -0.1) is 11.6 Å². The lowest BCUT2D eigenvalue weighted by Crippen LogP contribution is -2.64. The van der Waals surface area contributed by atoms with Crippen LogP contribution in [0, 0.1) is 0 Å². The van der Waals surface area contributed by atoms with Crippen LogP contribution in [0.4, 0.5) is 0 Å². The highest BCUT2D eigenvalue weighted by molar-refractivity contribution is 6.92. The van der Waals surface area contributed by atoms with E-state index in [1.165, 1.54) is 25.7 Å². The molecule has 1 unspecified atom stereocenters. The van der Waals surface area contributed by atoms with Crippen LogP contribution in [0.2, 0.25) is 0 Å². The maximum atomic E-state index is 6.59. The van der Waals surface area contributed by atoms with Crippen molar-refractivity contribution in [2.75, 3.05) is 13.2 Å². The molecule has 0 radical (unpaired) electrons. The Morgan fingerprint density at radius 3 is 1.85 bits per heavy atom. The summed E-state index contributed by atoms with van der Waals surface area (Å²) in [4.78, 5) is 0. The Bertz CT molecular complexity index is 565. The van der Waals surface area contributed by atoms with Gasteiger partial charge >= 0.3 is 8.56 Å². The molecule has 0 fully saturated rings. The van der Waals surface area contributed by atoms with E-state index < -0.39 is 8.56 Å². The van der Waals surface area contributed by atoms with Crippen LogP contribution >= 0.6 is 11.6 Å². The second kappa shape index (κ2) is 11.6. The molecule has 0 amide bonds. The Kier molecular flexibility index (Phi) is 9.41. The zero-order valence-electron chi connectivity index (χ0n) is 16.0. The summed E-state index contributed by atoms with van der Waals surface area (Å²) in [5, 5.41) is 2.22. The smallest absolute Gasteiger partial charge is 0.388 e. The lowest BCUT2D eigenvalue weighted by Gasteiger charge is -2.32. The van der Waals surface area contributed by atoms with Crippen LogP contribution in [0.15, 0.2) is 60.7 Å². The molecule has 1 atom stereocenters. The van der Waals surface area contributed by atoms with Gasteiger partial charge in [0.05, 0.1) is 12.0 Å². The van der Waals surface area contributed by atoms with E-state index in [2.05, 4.69) is 55.5 Å². The maximum absolute atomic E-state index is 6.59. The minimum Gasteiger partial charge on any atom is -0.388 e. The molecule has 2 rings (SSSR count). The molecule has 2 nitrogen and oxygen atoms in total. The fourth-order valence-electron chi connectivity index (χ4n) is 3.01. The van der Waals surface area contributed by atoms with Crippen molar-refractivity contribution in [3.8, 4) is 0 Å². The van der Waals surface area contributed by atoms with E-state index in [4.69, 9.17) is 20.5 Å². The Morgan fingerprint density at radius 2 is 1.35 bits per heavy atom. The van der Waals surface area contributed by atoms with Crippen LogP contribution in [-0.2, 0) is 8.85 Å². The van der Waals surface area contributed by atoms with Gasteiger partial charge in [0.2, 0.25) is 0 Å². The van der Waals surface area contributed by atoms with Crippen molar-refractivity contribution in [3.63, 3.8) is 0 Å². The lowest BCUT2D eigenvalue weighted by molar-refractivity contribution is 0.189. The average molecular weight is 391 g/mol. The SMILES string of the molecule is CCCCCCCO[Si](OCC(C)Cl)(c1ccccc1)c1ccccc1. The fourth-order valence-corrected chi connectivity index (χ4v) is 6.44. The number of hydrogen-bond donors (Lipinski definition) is 0. The molecule has 0 saturated carbocycles.